The SMILES string of the molecule is CCCNCC(F)(F)c1ccc(Cl)cc1Cl. The second-order valence-electron chi connectivity index (χ2n) is 3.51. The first-order valence-corrected chi connectivity index (χ1v) is 5.77. The van der Waals surface area contributed by atoms with E-state index in [-0.39, 0.29) is 10.6 Å². The van der Waals surface area contributed by atoms with Crippen molar-refractivity contribution in [2.24, 2.45) is 0 Å². The van der Waals surface area contributed by atoms with Gasteiger partial charge in [-0.15, -0.1) is 0 Å². The highest BCUT2D eigenvalue weighted by Crippen LogP contribution is 2.34. The van der Waals surface area contributed by atoms with Crippen LogP contribution in [0.25, 0.3) is 0 Å². The monoisotopic (exact) mass is 267 g/mol. The molecule has 1 aromatic rings. The Morgan fingerprint density at radius 2 is 2.00 bits per heavy atom. The summed E-state index contributed by atoms with van der Waals surface area (Å²) in [4.78, 5) is 0. The molecule has 0 heterocycles. The van der Waals surface area contributed by atoms with Crippen molar-refractivity contribution in [3.63, 3.8) is 0 Å². The Kier molecular flexibility index (Phi) is 4.96. The summed E-state index contributed by atoms with van der Waals surface area (Å²) in [5.74, 6) is -2.98. The molecule has 0 fully saturated rings. The fourth-order valence-electron chi connectivity index (χ4n) is 1.30. The van der Waals surface area contributed by atoms with Crippen molar-refractivity contribution in [1.29, 1.82) is 0 Å². The fourth-order valence-corrected chi connectivity index (χ4v) is 1.85. The van der Waals surface area contributed by atoms with Crippen LogP contribution in [0.15, 0.2) is 18.2 Å². The average Bonchev–Trinajstić information content (AvgIpc) is 2.17. The molecule has 5 heteroatoms. The van der Waals surface area contributed by atoms with E-state index in [1.165, 1.54) is 18.2 Å². The summed E-state index contributed by atoms with van der Waals surface area (Å²) in [7, 11) is 0. The molecule has 0 unspecified atom stereocenters. The molecule has 0 aliphatic heterocycles. The molecule has 0 saturated carbocycles. The molecule has 1 nitrogen and oxygen atoms in total. The molecular weight excluding hydrogens is 255 g/mol. The van der Waals surface area contributed by atoms with Gasteiger partial charge in [0.15, 0.2) is 0 Å². The summed E-state index contributed by atoms with van der Waals surface area (Å²) in [6, 6.07) is 4.00. The molecule has 1 rings (SSSR count). The van der Waals surface area contributed by atoms with Crippen LogP contribution in [0.4, 0.5) is 8.78 Å². The van der Waals surface area contributed by atoms with Gasteiger partial charge in [-0.2, -0.15) is 8.78 Å². The summed E-state index contributed by atoms with van der Waals surface area (Å²) >= 11 is 11.4. The van der Waals surface area contributed by atoms with Crippen LogP contribution in [0, 0.1) is 0 Å². The molecule has 1 aromatic carbocycles. The molecule has 0 bridgehead atoms. The van der Waals surface area contributed by atoms with E-state index in [1.807, 2.05) is 6.92 Å². The number of nitrogens with one attached hydrogen (secondary N) is 1. The standard InChI is InChI=1S/C11H13Cl2F2N/c1-2-5-16-7-11(14,15)9-4-3-8(12)6-10(9)13/h3-4,6,16H,2,5,7H2,1H3. The van der Waals surface area contributed by atoms with Gasteiger partial charge in [-0.05, 0) is 25.1 Å². The van der Waals surface area contributed by atoms with Crippen molar-refractivity contribution in [1.82, 2.24) is 5.32 Å². The Morgan fingerprint density at radius 1 is 1.31 bits per heavy atom. The number of benzene rings is 1. The maximum atomic E-state index is 13.7. The van der Waals surface area contributed by atoms with Crippen molar-refractivity contribution in [2.45, 2.75) is 19.3 Å². The molecule has 0 atom stereocenters. The van der Waals surface area contributed by atoms with Crippen LogP contribution >= 0.6 is 23.2 Å². The first kappa shape index (κ1) is 13.7. The van der Waals surface area contributed by atoms with Gasteiger partial charge in [0.2, 0.25) is 0 Å². The summed E-state index contributed by atoms with van der Waals surface area (Å²) in [5.41, 5.74) is -0.192. The molecule has 1 N–H and O–H groups in total. The summed E-state index contributed by atoms with van der Waals surface area (Å²) in [5, 5.41) is 3.02. The van der Waals surface area contributed by atoms with Crippen LogP contribution < -0.4 is 5.32 Å². The molecule has 0 aliphatic rings. The molecule has 0 aromatic heterocycles. The van der Waals surface area contributed by atoms with Gasteiger partial charge in [0.05, 0.1) is 11.6 Å². The van der Waals surface area contributed by atoms with Gasteiger partial charge in [-0.3, -0.25) is 0 Å². The van der Waals surface area contributed by atoms with Gasteiger partial charge in [-0.1, -0.05) is 36.2 Å². The third kappa shape index (κ3) is 3.58. The zero-order valence-corrected chi connectivity index (χ0v) is 10.4. The Bertz CT molecular complexity index is 356. The molecule has 0 spiro atoms. The predicted molar refractivity (Wildman–Crippen MR) is 63.5 cm³/mol. The van der Waals surface area contributed by atoms with Crippen molar-refractivity contribution >= 4 is 23.2 Å². The lowest BCUT2D eigenvalue weighted by atomic mass is 10.1. The van der Waals surface area contributed by atoms with Gasteiger partial charge in [0.1, 0.15) is 0 Å². The Balaban J connectivity index is 2.80. The zero-order chi connectivity index (χ0) is 12.2. The third-order valence-corrected chi connectivity index (χ3v) is 2.65. The quantitative estimate of drug-likeness (QED) is 0.793. The summed E-state index contributed by atoms with van der Waals surface area (Å²) in [6.45, 7) is 2.06. The number of rotatable bonds is 5. The van der Waals surface area contributed by atoms with E-state index in [2.05, 4.69) is 5.32 Å². The topological polar surface area (TPSA) is 12.0 Å². The first-order chi connectivity index (χ1) is 7.47. The van der Waals surface area contributed by atoms with E-state index in [9.17, 15) is 8.78 Å². The molecule has 0 aliphatic carbocycles. The highest BCUT2D eigenvalue weighted by Gasteiger charge is 2.33. The van der Waals surface area contributed by atoms with Crippen LogP contribution in [0.2, 0.25) is 10.0 Å². The lowest BCUT2D eigenvalue weighted by molar-refractivity contribution is -0.00279. The minimum absolute atomic E-state index is 0.00389. The molecule has 0 radical (unpaired) electrons. The van der Waals surface area contributed by atoms with Gasteiger partial charge in [0.25, 0.3) is 5.92 Å². The van der Waals surface area contributed by atoms with Crippen LogP contribution in [0.5, 0.6) is 0 Å². The van der Waals surface area contributed by atoms with Gasteiger partial charge >= 0.3 is 0 Å². The summed E-state index contributed by atoms with van der Waals surface area (Å²) in [6.07, 6.45) is 0.810. The maximum Gasteiger partial charge on any atom is 0.286 e. The smallest absolute Gasteiger partial charge is 0.286 e. The fraction of sp³-hybridized carbons (Fsp3) is 0.455. The molecule has 0 amide bonds. The lowest BCUT2D eigenvalue weighted by Crippen LogP contribution is -2.31. The van der Waals surface area contributed by atoms with Crippen molar-refractivity contribution in [2.75, 3.05) is 13.1 Å². The first-order valence-electron chi connectivity index (χ1n) is 5.01. The van der Waals surface area contributed by atoms with Crippen LogP contribution in [-0.4, -0.2) is 13.1 Å². The maximum absolute atomic E-state index is 13.7. The number of halogens is 4. The van der Waals surface area contributed by atoms with Crippen LogP contribution in [-0.2, 0) is 5.92 Å². The van der Waals surface area contributed by atoms with Crippen molar-refractivity contribution in [3.05, 3.63) is 33.8 Å². The Hall–Kier alpha value is -0.380. The predicted octanol–water partition coefficient (Wildman–Crippen LogP) is 4.08. The van der Waals surface area contributed by atoms with Gasteiger partial charge in [0, 0.05) is 10.6 Å². The van der Waals surface area contributed by atoms with E-state index in [0.29, 0.717) is 11.6 Å². The minimum Gasteiger partial charge on any atom is -0.311 e. The Morgan fingerprint density at radius 3 is 2.56 bits per heavy atom. The Labute approximate surface area is 104 Å². The lowest BCUT2D eigenvalue weighted by Gasteiger charge is -2.18. The van der Waals surface area contributed by atoms with E-state index >= 15 is 0 Å². The minimum atomic E-state index is -2.98. The van der Waals surface area contributed by atoms with Crippen molar-refractivity contribution < 1.29 is 8.78 Å². The normalized spacial score (nSPS) is 11.8. The van der Waals surface area contributed by atoms with Crippen LogP contribution in [0.3, 0.4) is 0 Å². The average molecular weight is 268 g/mol. The highest BCUT2D eigenvalue weighted by atomic mass is 35.5. The molecule has 90 valence electrons. The van der Waals surface area contributed by atoms with E-state index < -0.39 is 12.5 Å². The molecule has 0 saturated heterocycles. The highest BCUT2D eigenvalue weighted by molar-refractivity contribution is 6.35. The van der Waals surface area contributed by atoms with Crippen LogP contribution in [0.1, 0.15) is 18.9 Å². The zero-order valence-electron chi connectivity index (χ0n) is 8.87. The second-order valence-corrected chi connectivity index (χ2v) is 4.35. The summed E-state index contributed by atoms with van der Waals surface area (Å²) < 4.78 is 27.4. The molecular formula is C11H13Cl2F2N. The number of hydrogen-bond donors (Lipinski definition) is 1. The molecule has 16 heavy (non-hydrogen) atoms. The van der Waals surface area contributed by atoms with Gasteiger partial charge in [-0.25, -0.2) is 0 Å². The number of alkyl halides is 2. The largest absolute Gasteiger partial charge is 0.311 e. The second kappa shape index (κ2) is 5.80. The third-order valence-electron chi connectivity index (χ3n) is 2.10. The van der Waals surface area contributed by atoms with E-state index in [0.717, 1.165) is 6.42 Å². The number of hydrogen-bond acceptors (Lipinski definition) is 1. The van der Waals surface area contributed by atoms with Gasteiger partial charge < -0.3 is 5.32 Å². The van der Waals surface area contributed by atoms with E-state index in [4.69, 9.17) is 23.2 Å². The van der Waals surface area contributed by atoms with E-state index in [1.54, 1.807) is 0 Å². The van der Waals surface area contributed by atoms with Crippen molar-refractivity contribution in [3.8, 4) is 0 Å².